The van der Waals surface area contributed by atoms with Crippen LogP contribution in [0.2, 0.25) is 0 Å². The number of H-pyrrole nitrogens is 2. The van der Waals surface area contributed by atoms with E-state index in [0.29, 0.717) is 0 Å². The molecule has 188 valence electrons. The molecule has 1 aromatic carbocycles. The van der Waals surface area contributed by atoms with E-state index in [4.69, 9.17) is 0 Å². The van der Waals surface area contributed by atoms with Gasteiger partial charge in [-0.25, -0.2) is 4.39 Å². The van der Waals surface area contributed by atoms with Crippen molar-refractivity contribution in [3.8, 4) is 11.4 Å². The largest absolute Gasteiger partial charge is 0.357 e. The molecule has 0 unspecified atom stereocenters. The second kappa shape index (κ2) is 11.2. The summed E-state index contributed by atoms with van der Waals surface area (Å²) >= 11 is 0. The molecule has 37 heavy (non-hydrogen) atoms. The Labute approximate surface area is 217 Å². The maximum atomic E-state index is 13.9. The fraction of sp³-hybridized carbons (Fsp3) is 0.161. The van der Waals surface area contributed by atoms with Gasteiger partial charge in [0.1, 0.15) is 11.5 Å². The third kappa shape index (κ3) is 5.93. The Bertz CT molecular complexity index is 1600. The number of nitrogens with zero attached hydrogens (tertiary/aromatic N) is 3. The normalized spacial score (nSPS) is 13.0. The van der Waals surface area contributed by atoms with Gasteiger partial charge in [-0.1, -0.05) is 43.5 Å². The highest BCUT2D eigenvalue weighted by molar-refractivity contribution is 5.84. The maximum Gasteiger partial charge on any atom is 0.123 e. The number of nitrogens with one attached hydrogen (secondary N) is 2. The van der Waals surface area contributed by atoms with Gasteiger partial charge in [0, 0.05) is 35.4 Å². The molecule has 0 amide bonds. The van der Waals surface area contributed by atoms with Crippen LogP contribution in [0.1, 0.15) is 34.9 Å². The molecule has 0 saturated carbocycles. The van der Waals surface area contributed by atoms with E-state index in [0.717, 1.165) is 67.6 Å². The van der Waals surface area contributed by atoms with Gasteiger partial charge in [0.25, 0.3) is 0 Å². The minimum atomic E-state index is -0.281. The number of hydrogen-bond donors (Lipinski definition) is 2. The van der Waals surface area contributed by atoms with Crippen LogP contribution in [0.25, 0.3) is 35.2 Å². The van der Waals surface area contributed by atoms with E-state index < -0.39 is 0 Å². The van der Waals surface area contributed by atoms with Crippen LogP contribution in [0.3, 0.4) is 0 Å². The highest BCUT2D eigenvalue weighted by Gasteiger charge is 2.15. The Kier molecular flexibility index (Phi) is 7.80. The second-order valence-corrected chi connectivity index (χ2v) is 9.35. The highest BCUT2D eigenvalue weighted by Crippen LogP contribution is 2.29. The van der Waals surface area contributed by atoms with Crippen LogP contribution >= 0.6 is 0 Å². The minimum absolute atomic E-state index is 0.281. The van der Waals surface area contributed by atoms with Crippen molar-refractivity contribution in [2.45, 2.75) is 20.4 Å². The van der Waals surface area contributed by atoms with Crippen molar-refractivity contribution in [3.05, 3.63) is 118 Å². The first-order chi connectivity index (χ1) is 17.8. The Hall–Kier alpha value is -4.29. The zero-order valence-electron chi connectivity index (χ0n) is 21.8. The molecule has 6 heteroatoms. The smallest absolute Gasteiger partial charge is 0.123 e. The predicted molar refractivity (Wildman–Crippen MR) is 151 cm³/mol. The first-order valence-corrected chi connectivity index (χ1v) is 12.1. The average molecular weight is 494 g/mol. The molecular weight excluding hydrogens is 461 g/mol. The van der Waals surface area contributed by atoms with Crippen molar-refractivity contribution in [3.63, 3.8) is 0 Å². The average Bonchev–Trinajstić information content (AvgIpc) is 3.42. The number of allylic oxidation sites excluding steroid dienone is 4. The summed E-state index contributed by atoms with van der Waals surface area (Å²) in [7, 11) is 4.09. The predicted octanol–water partition coefficient (Wildman–Crippen LogP) is 5.22. The molecule has 3 aromatic heterocycles. The molecule has 4 rings (SSSR count). The van der Waals surface area contributed by atoms with Crippen molar-refractivity contribution in [1.29, 1.82) is 0 Å². The lowest BCUT2D eigenvalue weighted by Gasteiger charge is -2.10. The van der Waals surface area contributed by atoms with Crippen LogP contribution < -0.4 is 10.6 Å². The van der Waals surface area contributed by atoms with E-state index in [2.05, 4.69) is 51.2 Å². The summed E-state index contributed by atoms with van der Waals surface area (Å²) < 4.78 is 13.9. The molecule has 4 aromatic rings. The topological polar surface area (TPSA) is 60.6 Å². The summed E-state index contributed by atoms with van der Waals surface area (Å²) in [4.78, 5) is 9.93. The molecule has 0 atom stereocenters. The van der Waals surface area contributed by atoms with Gasteiger partial charge in [-0.05, 0) is 86.1 Å². The van der Waals surface area contributed by atoms with Crippen LogP contribution in [-0.2, 0) is 6.54 Å². The quantitative estimate of drug-likeness (QED) is 0.331. The van der Waals surface area contributed by atoms with E-state index in [1.807, 2.05) is 63.8 Å². The first-order valence-electron chi connectivity index (χ1n) is 12.1. The van der Waals surface area contributed by atoms with Gasteiger partial charge in [0.15, 0.2) is 0 Å². The Balaban J connectivity index is 1.66. The summed E-state index contributed by atoms with van der Waals surface area (Å²) in [6.45, 7) is 13.0. The van der Waals surface area contributed by atoms with Crippen molar-refractivity contribution in [2.24, 2.45) is 0 Å². The minimum Gasteiger partial charge on any atom is -0.357 e. The number of halogens is 1. The molecule has 0 aliphatic heterocycles. The van der Waals surface area contributed by atoms with Crippen LogP contribution in [0.4, 0.5) is 4.39 Å². The van der Waals surface area contributed by atoms with E-state index in [9.17, 15) is 4.39 Å². The van der Waals surface area contributed by atoms with E-state index >= 15 is 0 Å². The number of pyridine rings is 1. The van der Waals surface area contributed by atoms with Gasteiger partial charge >= 0.3 is 0 Å². The lowest BCUT2D eigenvalue weighted by molar-refractivity contribution is 0.402. The zero-order valence-corrected chi connectivity index (χ0v) is 21.8. The van der Waals surface area contributed by atoms with E-state index in [-0.39, 0.29) is 5.82 Å². The van der Waals surface area contributed by atoms with E-state index in [1.165, 1.54) is 12.1 Å². The molecule has 3 heterocycles. The highest BCUT2D eigenvalue weighted by atomic mass is 19.1. The standard InChI is InChI=1S/C31H32FN5/c1-7-9-27(24-10-8-11-26(32)15-24)28-16-30(34-22(28)4)31-21(3)29(35-36-31)13-12-20(2)25-14-23(17-33-18-25)19-37(5)6/h7-18,34-35H,1,3,19H2,2,4-6H3/b20-12+,27-9-,29-13+. The van der Waals surface area contributed by atoms with Crippen molar-refractivity contribution in [1.82, 2.24) is 25.1 Å². The molecule has 0 aliphatic rings. The molecular formula is C31H32FN5. The number of benzene rings is 1. The summed E-state index contributed by atoms with van der Waals surface area (Å²) in [5.74, 6) is -0.281. The van der Waals surface area contributed by atoms with Gasteiger partial charge in [0.2, 0.25) is 0 Å². The molecule has 0 fully saturated rings. The van der Waals surface area contributed by atoms with Gasteiger partial charge < -0.3 is 9.88 Å². The first kappa shape index (κ1) is 25.8. The second-order valence-electron chi connectivity index (χ2n) is 9.35. The lowest BCUT2D eigenvalue weighted by atomic mass is 9.97. The van der Waals surface area contributed by atoms with Crippen LogP contribution in [0.5, 0.6) is 0 Å². The summed E-state index contributed by atoms with van der Waals surface area (Å²) in [6, 6.07) is 10.7. The van der Waals surface area contributed by atoms with Crippen LogP contribution in [0, 0.1) is 12.7 Å². The molecule has 0 spiro atoms. The van der Waals surface area contributed by atoms with Gasteiger partial charge in [-0.2, -0.15) is 5.10 Å². The van der Waals surface area contributed by atoms with Crippen LogP contribution in [-0.4, -0.2) is 39.2 Å². The fourth-order valence-electron chi connectivity index (χ4n) is 4.28. The monoisotopic (exact) mass is 493 g/mol. The molecule has 2 N–H and O–H groups in total. The Morgan fingerprint density at radius 2 is 1.92 bits per heavy atom. The number of rotatable bonds is 8. The SMILES string of the molecule is C=C/C=C(/c1cccc(F)c1)c1cc(-c2n[nH]/c(=C/C=C(\C)c3cncc(CN(C)C)c3)c2=C)[nH]c1C. The number of aromatic nitrogens is 4. The molecule has 0 bridgehead atoms. The summed E-state index contributed by atoms with van der Waals surface area (Å²) in [5, 5.41) is 9.25. The van der Waals surface area contributed by atoms with Crippen molar-refractivity contribution < 1.29 is 4.39 Å². The maximum absolute atomic E-state index is 13.9. The third-order valence-electron chi connectivity index (χ3n) is 6.13. The number of aryl methyl sites for hydroxylation is 1. The molecule has 5 nitrogen and oxygen atoms in total. The number of aromatic amines is 2. The van der Waals surface area contributed by atoms with Gasteiger partial charge in [-0.15, -0.1) is 0 Å². The van der Waals surface area contributed by atoms with Crippen LogP contribution in [0.15, 0.2) is 73.6 Å². The summed E-state index contributed by atoms with van der Waals surface area (Å²) in [6.07, 6.45) is 11.4. The number of hydrogen-bond acceptors (Lipinski definition) is 3. The molecule has 0 radical (unpaired) electrons. The molecule has 0 saturated heterocycles. The van der Waals surface area contributed by atoms with Gasteiger partial charge in [0.05, 0.1) is 11.0 Å². The fourth-order valence-corrected chi connectivity index (χ4v) is 4.28. The van der Waals surface area contributed by atoms with Gasteiger partial charge in [-0.3, -0.25) is 10.1 Å². The van der Waals surface area contributed by atoms with Crippen molar-refractivity contribution >= 4 is 23.8 Å². The van der Waals surface area contributed by atoms with Crippen molar-refractivity contribution in [2.75, 3.05) is 14.1 Å². The molecule has 0 aliphatic carbocycles. The van der Waals surface area contributed by atoms with E-state index in [1.54, 1.807) is 12.1 Å². The Morgan fingerprint density at radius 1 is 1.11 bits per heavy atom. The summed E-state index contributed by atoms with van der Waals surface area (Å²) in [5.41, 5.74) is 8.46. The Morgan fingerprint density at radius 3 is 2.65 bits per heavy atom. The zero-order chi connectivity index (χ0) is 26.5. The lowest BCUT2D eigenvalue weighted by Crippen LogP contribution is -2.21. The third-order valence-corrected chi connectivity index (χ3v) is 6.13.